The molecular formula is C12H15ClN2O3. The number of nitrogens with two attached hydrogens (primary N) is 1. The molecule has 1 unspecified atom stereocenters. The smallest absolute Gasteiger partial charge is 0.170 e. The van der Waals surface area contributed by atoms with Gasteiger partial charge in [-0.3, -0.25) is 0 Å². The van der Waals surface area contributed by atoms with Crippen LogP contribution in [0.15, 0.2) is 23.4 Å². The lowest BCUT2D eigenvalue weighted by Gasteiger charge is -2.13. The summed E-state index contributed by atoms with van der Waals surface area (Å²) in [6.07, 6.45) is 2.23. The van der Waals surface area contributed by atoms with Crippen LogP contribution in [0.4, 0.5) is 0 Å². The zero-order chi connectivity index (χ0) is 13.0. The third kappa shape index (κ3) is 3.05. The lowest BCUT2D eigenvalue weighted by atomic mass is 10.2. The van der Waals surface area contributed by atoms with Crippen LogP contribution in [0.3, 0.4) is 0 Å². The Morgan fingerprint density at radius 1 is 1.61 bits per heavy atom. The number of hydrogen-bond acceptors (Lipinski definition) is 4. The third-order valence-electron chi connectivity index (χ3n) is 2.78. The molecule has 1 atom stereocenters. The first-order chi connectivity index (χ1) is 8.70. The van der Waals surface area contributed by atoms with Crippen LogP contribution in [0.5, 0.6) is 5.75 Å². The van der Waals surface area contributed by atoms with E-state index in [2.05, 4.69) is 5.16 Å². The molecule has 6 heteroatoms. The summed E-state index contributed by atoms with van der Waals surface area (Å²) in [5.41, 5.74) is 6.02. The molecule has 1 aliphatic heterocycles. The van der Waals surface area contributed by atoms with Gasteiger partial charge in [-0.05, 0) is 31.0 Å². The zero-order valence-electron chi connectivity index (χ0n) is 9.80. The second kappa shape index (κ2) is 5.93. The Bertz CT molecular complexity index is 445. The van der Waals surface area contributed by atoms with E-state index in [1.54, 1.807) is 18.2 Å². The molecule has 0 amide bonds. The van der Waals surface area contributed by atoms with Crippen LogP contribution in [0.1, 0.15) is 18.4 Å². The van der Waals surface area contributed by atoms with Crippen LogP contribution in [-0.4, -0.2) is 30.4 Å². The molecule has 0 saturated carbocycles. The fourth-order valence-corrected chi connectivity index (χ4v) is 2.03. The fourth-order valence-electron chi connectivity index (χ4n) is 1.79. The van der Waals surface area contributed by atoms with E-state index in [0.717, 1.165) is 19.4 Å². The Hall–Kier alpha value is -1.46. The molecule has 5 nitrogen and oxygen atoms in total. The van der Waals surface area contributed by atoms with Crippen molar-refractivity contribution < 1.29 is 14.7 Å². The normalized spacial score (nSPS) is 20.1. The number of oxime groups is 1. The summed E-state index contributed by atoms with van der Waals surface area (Å²) in [5.74, 6) is 0.587. The minimum atomic E-state index is 0.0163. The summed E-state index contributed by atoms with van der Waals surface area (Å²) in [5, 5.41) is 11.9. The van der Waals surface area contributed by atoms with E-state index in [9.17, 15) is 0 Å². The van der Waals surface area contributed by atoms with Crippen molar-refractivity contribution in [1.29, 1.82) is 0 Å². The van der Waals surface area contributed by atoms with Gasteiger partial charge < -0.3 is 20.4 Å². The van der Waals surface area contributed by atoms with Crippen LogP contribution in [0, 0.1) is 0 Å². The van der Waals surface area contributed by atoms with Gasteiger partial charge in [0.15, 0.2) is 5.84 Å². The average Bonchev–Trinajstić information content (AvgIpc) is 2.89. The molecule has 18 heavy (non-hydrogen) atoms. The van der Waals surface area contributed by atoms with Crippen molar-refractivity contribution in [3.8, 4) is 5.75 Å². The summed E-state index contributed by atoms with van der Waals surface area (Å²) >= 11 is 6.06. The van der Waals surface area contributed by atoms with E-state index >= 15 is 0 Å². The molecular weight excluding hydrogens is 256 g/mol. The van der Waals surface area contributed by atoms with Crippen molar-refractivity contribution in [3.63, 3.8) is 0 Å². The maximum absolute atomic E-state index is 8.57. The number of halogens is 1. The van der Waals surface area contributed by atoms with E-state index in [1.807, 2.05) is 0 Å². The molecule has 0 bridgehead atoms. The van der Waals surface area contributed by atoms with E-state index < -0.39 is 0 Å². The quantitative estimate of drug-likeness (QED) is 0.380. The van der Waals surface area contributed by atoms with Crippen molar-refractivity contribution in [2.24, 2.45) is 10.9 Å². The van der Waals surface area contributed by atoms with Gasteiger partial charge in [-0.15, -0.1) is 0 Å². The molecule has 1 aliphatic rings. The Morgan fingerprint density at radius 2 is 2.44 bits per heavy atom. The Balaban J connectivity index is 2.00. The summed E-state index contributed by atoms with van der Waals surface area (Å²) in [6, 6.07) is 4.98. The SMILES string of the molecule is NC(=NO)c1ccc(OCC2CCCO2)c(Cl)c1. The molecule has 1 heterocycles. The van der Waals surface area contributed by atoms with Gasteiger partial charge in [-0.25, -0.2) is 0 Å². The van der Waals surface area contributed by atoms with Crippen LogP contribution >= 0.6 is 11.6 Å². The highest BCUT2D eigenvalue weighted by atomic mass is 35.5. The first-order valence-corrected chi connectivity index (χ1v) is 6.10. The fraction of sp³-hybridized carbons (Fsp3) is 0.417. The largest absolute Gasteiger partial charge is 0.489 e. The van der Waals surface area contributed by atoms with Gasteiger partial charge in [0.05, 0.1) is 11.1 Å². The molecule has 1 aromatic rings. The van der Waals surface area contributed by atoms with Crippen molar-refractivity contribution in [2.75, 3.05) is 13.2 Å². The number of nitrogens with zero attached hydrogens (tertiary/aromatic N) is 1. The second-order valence-corrected chi connectivity index (χ2v) is 4.48. The molecule has 1 saturated heterocycles. The molecule has 0 aliphatic carbocycles. The maximum atomic E-state index is 8.57. The van der Waals surface area contributed by atoms with Gasteiger partial charge in [0, 0.05) is 12.2 Å². The van der Waals surface area contributed by atoms with Crippen molar-refractivity contribution >= 4 is 17.4 Å². The summed E-state index contributed by atoms with van der Waals surface area (Å²) in [6.45, 7) is 1.28. The average molecular weight is 271 g/mol. The highest BCUT2D eigenvalue weighted by Crippen LogP contribution is 2.26. The standard InChI is InChI=1S/C12H15ClN2O3/c13-10-6-8(12(14)15-16)3-4-11(10)18-7-9-2-1-5-17-9/h3-4,6,9,16H,1-2,5,7H2,(H2,14,15). The highest BCUT2D eigenvalue weighted by molar-refractivity contribution is 6.32. The van der Waals surface area contributed by atoms with Gasteiger partial charge in [-0.2, -0.15) is 0 Å². The predicted molar refractivity (Wildman–Crippen MR) is 68.4 cm³/mol. The predicted octanol–water partition coefficient (Wildman–Crippen LogP) is 1.99. The van der Waals surface area contributed by atoms with Gasteiger partial charge in [0.1, 0.15) is 12.4 Å². The molecule has 1 aromatic carbocycles. The maximum Gasteiger partial charge on any atom is 0.170 e. The topological polar surface area (TPSA) is 77.1 Å². The van der Waals surface area contributed by atoms with E-state index in [4.69, 9.17) is 32.0 Å². The van der Waals surface area contributed by atoms with E-state index in [-0.39, 0.29) is 11.9 Å². The molecule has 2 rings (SSSR count). The van der Waals surface area contributed by atoms with Crippen LogP contribution in [0.2, 0.25) is 5.02 Å². The summed E-state index contributed by atoms with van der Waals surface area (Å²) in [4.78, 5) is 0. The van der Waals surface area contributed by atoms with Gasteiger partial charge >= 0.3 is 0 Å². The van der Waals surface area contributed by atoms with Crippen LogP contribution in [0.25, 0.3) is 0 Å². The first-order valence-electron chi connectivity index (χ1n) is 5.72. The summed E-state index contributed by atoms with van der Waals surface area (Å²) in [7, 11) is 0. The van der Waals surface area contributed by atoms with Gasteiger partial charge in [-0.1, -0.05) is 16.8 Å². The molecule has 1 fully saturated rings. The molecule has 0 radical (unpaired) electrons. The Kier molecular flexibility index (Phi) is 4.28. The number of rotatable bonds is 4. The Morgan fingerprint density at radius 3 is 3.06 bits per heavy atom. The number of ether oxygens (including phenoxy) is 2. The number of benzene rings is 1. The minimum absolute atomic E-state index is 0.0163. The lowest BCUT2D eigenvalue weighted by Crippen LogP contribution is -2.17. The van der Waals surface area contributed by atoms with Crippen LogP contribution < -0.4 is 10.5 Å². The van der Waals surface area contributed by atoms with Gasteiger partial charge in [0.2, 0.25) is 0 Å². The van der Waals surface area contributed by atoms with E-state index in [1.165, 1.54) is 0 Å². The number of hydrogen-bond donors (Lipinski definition) is 2. The van der Waals surface area contributed by atoms with E-state index in [0.29, 0.717) is 22.9 Å². The first kappa shape index (κ1) is 13.0. The Labute approximate surface area is 110 Å². The van der Waals surface area contributed by atoms with Gasteiger partial charge in [0.25, 0.3) is 0 Å². The second-order valence-electron chi connectivity index (χ2n) is 4.08. The number of amidine groups is 1. The molecule has 0 spiro atoms. The van der Waals surface area contributed by atoms with Crippen LogP contribution in [-0.2, 0) is 4.74 Å². The molecule has 3 N–H and O–H groups in total. The molecule has 98 valence electrons. The monoisotopic (exact) mass is 270 g/mol. The summed E-state index contributed by atoms with van der Waals surface area (Å²) < 4.78 is 11.0. The minimum Gasteiger partial charge on any atom is -0.489 e. The molecule has 0 aromatic heterocycles. The lowest BCUT2D eigenvalue weighted by molar-refractivity contribution is 0.0680. The van der Waals surface area contributed by atoms with Crippen molar-refractivity contribution in [3.05, 3.63) is 28.8 Å². The highest BCUT2D eigenvalue weighted by Gasteiger charge is 2.16. The van der Waals surface area contributed by atoms with Crippen molar-refractivity contribution in [2.45, 2.75) is 18.9 Å². The van der Waals surface area contributed by atoms with Crippen molar-refractivity contribution in [1.82, 2.24) is 0 Å². The third-order valence-corrected chi connectivity index (χ3v) is 3.08. The zero-order valence-corrected chi connectivity index (χ0v) is 10.6.